The molecule has 0 aliphatic heterocycles. The van der Waals surface area contributed by atoms with Gasteiger partial charge in [-0.25, -0.2) is 0 Å². The van der Waals surface area contributed by atoms with E-state index in [1.165, 1.54) is 12.8 Å². The molecule has 0 N–H and O–H groups in total. The number of unbranched alkanes of at least 4 members (excludes halogenated alkanes) is 1. The number of allylic oxidation sites excluding steroid dienone is 2. The molecular weight excluding hydrogens is 212 g/mol. The number of esters is 1. The number of hydrogen-bond acceptors (Lipinski definition) is 2. The van der Waals surface area contributed by atoms with Crippen LogP contribution in [0.25, 0.3) is 0 Å². The largest absolute Gasteiger partial charge is 0.462 e. The third-order valence-corrected chi connectivity index (χ3v) is 4.20. The summed E-state index contributed by atoms with van der Waals surface area (Å²) >= 11 is 0. The summed E-state index contributed by atoms with van der Waals surface area (Å²) < 4.78 is 5.67. The summed E-state index contributed by atoms with van der Waals surface area (Å²) in [5, 5.41) is 0. The maximum absolute atomic E-state index is 12.1. The summed E-state index contributed by atoms with van der Waals surface area (Å²) in [7, 11) is 0. The van der Waals surface area contributed by atoms with E-state index in [1.807, 2.05) is 0 Å². The van der Waals surface area contributed by atoms with Crippen LogP contribution in [0.3, 0.4) is 0 Å². The Labute approximate surface area is 104 Å². The third-order valence-electron chi connectivity index (χ3n) is 4.20. The predicted octanol–water partition coefficient (Wildman–Crippen LogP) is 3.71. The number of rotatable bonds is 6. The van der Waals surface area contributed by atoms with E-state index in [4.69, 9.17) is 4.74 Å². The fourth-order valence-corrected chi connectivity index (χ4v) is 3.08. The summed E-state index contributed by atoms with van der Waals surface area (Å²) in [5.41, 5.74) is 0. The van der Waals surface area contributed by atoms with Crippen LogP contribution >= 0.6 is 0 Å². The van der Waals surface area contributed by atoms with Crippen LogP contribution in [0.15, 0.2) is 12.2 Å². The average molecular weight is 236 g/mol. The van der Waals surface area contributed by atoms with Gasteiger partial charge in [0.25, 0.3) is 0 Å². The van der Waals surface area contributed by atoms with Crippen molar-refractivity contribution in [1.82, 2.24) is 0 Å². The van der Waals surface area contributed by atoms with Crippen LogP contribution in [0.5, 0.6) is 0 Å². The van der Waals surface area contributed by atoms with E-state index >= 15 is 0 Å². The summed E-state index contributed by atoms with van der Waals surface area (Å²) in [6.45, 7) is 4.28. The number of ether oxygens (including phenoxy) is 1. The lowest BCUT2D eigenvalue weighted by molar-refractivity contribution is -0.155. The summed E-state index contributed by atoms with van der Waals surface area (Å²) in [6, 6.07) is 0. The molecule has 4 atom stereocenters. The molecule has 2 rings (SSSR count). The standard InChI is InChI=1S/C15H24O2/c1-3-5-6-13(4-2)17-15(16)14-10-11-7-8-12(14)9-11/h7-8,11-14H,3-6,9-10H2,1-2H3. The maximum Gasteiger partial charge on any atom is 0.309 e. The molecule has 0 amide bonds. The molecule has 2 aliphatic carbocycles. The Kier molecular flexibility index (Phi) is 4.25. The molecule has 2 heteroatoms. The lowest BCUT2D eigenvalue weighted by atomic mass is 9.94. The fourth-order valence-electron chi connectivity index (χ4n) is 3.08. The second-order valence-electron chi connectivity index (χ2n) is 5.50. The minimum absolute atomic E-state index is 0.0600. The van der Waals surface area contributed by atoms with Gasteiger partial charge in [-0.3, -0.25) is 4.79 Å². The first-order valence-corrected chi connectivity index (χ1v) is 7.13. The van der Waals surface area contributed by atoms with Crippen LogP contribution in [0.1, 0.15) is 52.4 Å². The second kappa shape index (κ2) is 5.70. The SMILES string of the molecule is CCCCC(CC)OC(=O)C1CC2C=CC1C2. The van der Waals surface area contributed by atoms with E-state index in [1.54, 1.807) is 0 Å². The molecule has 96 valence electrons. The van der Waals surface area contributed by atoms with Crippen LogP contribution in [0.4, 0.5) is 0 Å². The van der Waals surface area contributed by atoms with Crippen LogP contribution < -0.4 is 0 Å². The van der Waals surface area contributed by atoms with Gasteiger partial charge < -0.3 is 4.74 Å². The third kappa shape index (κ3) is 2.91. The molecule has 4 unspecified atom stereocenters. The molecule has 2 bridgehead atoms. The number of carbonyl (C=O) groups is 1. The second-order valence-corrected chi connectivity index (χ2v) is 5.50. The van der Waals surface area contributed by atoms with Crippen molar-refractivity contribution in [2.45, 2.75) is 58.5 Å². The fraction of sp³-hybridized carbons (Fsp3) is 0.800. The smallest absolute Gasteiger partial charge is 0.309 e. The Hall–Kier alpha value is -0.790. The molecule has 1 saturated carbocycles. The molecule has 2 nitrogen and oxygen atoms in total. The van der Waals surface area contributed by atoms with Crippen molar-refractivity contribution < 1.29 is 9.53 Å². The molecule has 17 heavy (non-hydrogen) atoms. The zero-order valence-corrected chi connectivity index (χ0v) is 11.0. The summed E-state index contributed by atoms with van der Waals surface area (Å²) in [6.07, 6.45) is 11.1. The van der Waals surface area contributed by atoms with Crippen LogP contribution in [-0.2, 0) is 9.53 Å². The van der Waals surface area contributed by atoms with Crippen molar-refractivity contribution >= 4 is 5.97 Å². The lowest BCUT2D eigenvalue weighted by Gasteiger charge is -2.21. The van der Waals surface area contributed by atoms with Crippen LogP contribution in [0.2, 0.25) is 0 Å². The van der Waals surface area contributed by atoms with Crippen molar-refractivity contribution in [2.75, 3.05) is 0 Å². The van der Waals surface area contributed by atoms with Crippen molar-refractivity contribution in [2.24, 2.45) is 17.8 Å². The van der Waals surface area contributed by atoms with Gasteiger partial charge in [-0.15, -0.1) is 0 Å². The van der Waals surface area contributed by atoms with Crippen molar-refractivity contribution in [3.05, 3.63) is 12.2 Å². The zero-order valence-electron chi connectivity index (χ0n) is 11.0. The molecule has 0 saturated heterocycles. The summed E-state index contributed by atoms with van der Waals surface area (Å²) in [5.74, 6) is 1.33. The molecule has 0 aromatic carbocycles. The number of carbonyl (C=O) groups excluding carboxylic acids is 1. The molecule has 0 aromatic rings. The zero-order chi connectivity index (χ0) is 12.3. The first-order chi connectivity index (χ1) is 8.24. The highest BCUT2D eigenvalue weighted by molar-refractivity contribution is 5.74. The molecule has 0 heterocycles. The molecule has 0 radical (unpaired) electrons. The summed E-state index contributed by atoms with van der Waals surface area (Å²) in [4.78, 5) is 12.1. The van der Waals surface area contributed by atoms with Gasteiger partial charge >= 0.3 is 5.97 Å². The van der Waals surface area contributed by atoms with Gasteiger partial charge in [-0.05, 0) is 37.5 Å². The number of fused-ring (bicyclic) bond motifs is 2. The average Bonchev–Trinajstić information content (AvgIpc) is 2.96. The van der Waals surface area contributed by atoms with Crippen molar-refractivity contribution in [3.8, 4) is 0 Å². The van der Waals surface area contributed by atoms with Crippen LogP contribution in [-0.4, -0.2) is 12.1 Å². The van der Waals surface area contributed by atoms with E-state index in [-0.39, 0.29) is 18.0 Å². The molecule has 0 spiro atoms. The van der Waals surface area contributed by atoms with Crippen molar-refractivity contribution in [3.63, 3.8) is 0 Å². The van der Waals surface area contributed by atoms with E-state index in [0.29, 0.717) is 11.8 Å². The first kappa shape index (κ1) is 12.7. The Bertz CT molecular complexity index is 295. The minimum atomic E-state index is 0.0600. The Morgan fingerprint density at radius 1 is 1.35 bits per heavy atom. The van der Waals surface area contributed by atoms with E-state index < -0.39 is 0 Å². The predicted molar refractivity (Wildman–Crippen MR) is 68.5 cm³/mol. The minimum Gasteiger partial charge on any atom is -0.462 e. The monoisotopic (exact) mass is 236 g/mol. The molecular formula is C15H24O2. The van der Waals surface area contributed by atoms with E-state index in [9.17, 15) is 4.79 Å². The molecule has 0 aromatic heterocycles. The van der Waals surface area contributed by atoms with Gasteiger partial charge in [0, 0.05) is 0 Å². The first-order valence-electron chi connectivity index (χ1n) is 7.13. The van der Waals surface area contributed by atoms with Gasteiger partial charge in [-0.1, -0.05) is 38.8 Å². The Morgan fingerprint density at radius 3 is 2.71 bits per heavy atom. The number of hydrogen-bond donors (Lipinski definition) is 0. The van der Waals surface area contributed by atoms with Gasteiger partial charge in [0.2, 0.25) is 0 Å². The highest BCUT2D eigenvalue weighted by Crippen LogP contribution is 2.44. The molecule has 2 aliphatic rings. The van der Waals surface area contributed by atoms with Gasteiger partial charge in [0.15, 0.2) is 0 Å². The Balaban J connectivity index is 1.81. The van der Waals surface area contributed by atoms with Crippen LogP contribution in [0, 0.1) is 17.8 Å². The highest BCUT2D eigenvalue weighted by Gasteiger charge is 2.41. The van der Waals surface area contributed by atoms with Gasteiger partial charge in [0.1, 0.15) is 6.10 Å². The van der Waals surface area contributed by atoms with Gasteiger partial charge in [0.05, 0.1) is 5.92 Å². The maximum atomic E-state index is 12.1. The quantitative estimate of drug-likeness (QED) is 0.519. The van der Waals surface area contributed by atoms with E-state index in [0.717, 1.165) is 25.7 Å². The van der Waals surface area contributed by atoms with Crippen molar-refractivity contribution in [1.29, 1.82) is 0 Å². The van der Waals surface area contributed by atoms with E-state index in [2.05, 4.69) is 26.0 Å². The highest BCUT2D eigenvalue weighted by atomic mass is 16.5. The molecule has 1 fully saturated rings. The lowest BCUT2D eigenvalue weighted by Crippen LogP contribution is -2.26. The van der Waals surface area contributed by atoms with Gasteiger partial charge in [-0.2, -0.15) is 0 Å². The topological polar surface area (TPSA) is 26.3 Å². The normalized spacial score (nSPS) is 31.8. The Morgan fingerprint density at radius 2 is 2.18 bits per heavy atom.